The number of carbonyl (C=O) groups is 1. The summed E-state index contributed by atoms with van der Waals surface area (Å²) in [6.07, 6.45) is 3.07. The number of hydrogen-bond acceptors (Lipinski definition) is 4. The first kappa shape index (κ1) is 19.6. The van der Waals surface area contributed by atoms with Crippen molar-refractivity contribution in [1.82, 2.24) is 4.98 Å². The standard InChI is InChI=1S/C23H21IN2O3/c1-2-29-23(28)16-8-9-18-19(14-16)26-22(27)20(18)21(15-6-4-3-5-7-15)25-17-10-12-24-13-11-17/h3-10,12-14,17,26-27H,2,11H2,1H3. The van der Waals surface area contributed by atoms with Crippen LogP contribution in [-0.4, -0.2) is 38.4 Å². The fourth-order valence-corrected chi connectivity index (χ4v) is 5.13. The van der Waals surface area contributed by atoms with E-state index in [0.29, 0.717) is 23.3 Å². The van der Waals surface area contributed by atoms with E-state index in [-0.39, 0.29) is 38.6 Å². The van der Waals surface area contributed by atoms with Crippen LogP contribution >= 0.6 is 20.7 Å². The number of rotatable bonds is 5. The molecule has 1 aliphatic rings. The van der Waals surface area contributed by atoms with Crippen LogP contribution in [0.15, 0.2) is 63.7 Å². The van der Waals surface area contributed by atoms with Gasteiger partial charge in [0.25, 0.3) is 0 Å². The van der Waals surface area contributed by atoms with E-state index in [4.69, 9.17) is 9.73 Å². The molecule has 2 N–H and O–H groups in total. The molecule has 2 aromatic carbocycles. The number of aromatic hydroxyl groups is 1. The lowest BCUT2D eigenvalue weighted by atomic mass is 9.99. The Morgan fingerprint density at radius 3 is 2.79 bits per heavy atom. The Bertz CT molecular complexity index is 1130. The maximum Gasteiger partial charge on any atom is 0.338 e. The Labute approximate surface area is 178 Å². The van der Waals surface area contributed by atoms with Gasteiger partial charge in [-0.05, 0) is 33.6 Å². The highest BCUT2D eigenvalue weighted by atomic mass is 127. The highest BCUT2D eigenvalue weighted by Crippen LogP contribution is 2.31. The Balaban J connectivity index is 1.85. The van der Waals surface area contributed by atoms with E-state index in [0.717, 1.165) is 23.1 Å². The Morgan fingerprint density at radius 2 is 2.07 bits per heavy atom. The second kappa shape index (κ2) is 8.73. The fourth-order valence-electron chi connectivity index (χ4n) is 3.30. The summed E-state index contributed by atoms with van der Waals surface area (Å²) in [7, 11) is 0. The van der Waals surface area contributed by atoms with Gasteiger partial charge in [-0.1, -0.05) is 63.2 Å². The summed E-state index contributed by atoms with van der Waals surface area (Å²) in [4.78, 5) is 20.1. The zero-order valence-corrected chi connectivity index (χ0v) is 18.1. The van der Waals surface area contributed by atoms with Crippen LogP contribution in [0.4, 0.5) is 0 Å². The minimum absolute atomic E-state index is 0.0375. The molecule has 29 heavy (non-hydrogen) atoms. The van der Waals surface area contributed by atoms with Crippen molar-refractivity contribution in [2.45, 2.75) is 19.4 Å². The van der Waals surface area contributed by atoms with Crippen molar-refractivity contribution in [3.8, 4) is 5.88 Å². The molecule has 148 valence electrons. The molecule has 4 rings (SSSR count). The van der Waals surface area contributed by atoms with Crippen molar-refractivity contribution in [1.29, 1.82) is 0 Å². The summed E-state index contributed by atoms with van der Waals surface area (Å²) in [5.74, 6) is -0.340. The molecule has 5 nitrogen and oxygen atoms in total. The van der Waals surface area contributed by atoms with Crippen molar-refractivity contribution in [2.24, 2.45) is 4.99 Å². The Hall–Kier alpha value is -2.74. The number of esters is 1. The van der Waals surface area contributed by atoms with Crippen LogP contribution in [-0.2, 0) is 4.74 Å². The van der Waals surface area contributed by atoms with Gasteiger partial charge in [-0.3, -0.25) is 4.99 Å². The summed E-state index contributed by atoms with van der Waals surface area (Å²) < 4.78 is 9.62. The van der Waals surface area contributed by atoms with E-state index in [1.54, 1.807) is 19.1 Å². The SMILES string of the molecule is CCOC(=O)c1ccc2c(C(=NC3C=CI=CC3)c3ccccc3)c(O)[nH]c2c1. The molecule has 6 heteroatoms. The third kappa shape index (κ3) is 4.17. The Morgan fingerprint density at radius 1 is 1.24 bits per heavy atom. The minimum atomic E-state index is -0.381. The first-order valence-corrected chi connectivity index (χ1v) is 11.9. The lowest BCUT2D eigenvalue weighted by Gasteiger charge is -2.13. The molecular formula is C23H21IN2O3. The average Bonchev–Trinajstić information content (AvgIpc) is 3.08. The molecule has 0 spiro atoms. The number of carbonyl (C=O) groups excluding carboxylic acids is 1. The van der Waals surface area contributed by atoms with Crippen LogP contribution < -0.4 is 0 Å². The maximum absolute atomic E-state index is 12.1. The van der Waals surface area contributed by atoms with Crippen molar-refractivity contribution in [2.75, 3.05) is 6.61 Å². The predicted molar refractivity (Wildman–Crippen MR) is 126 cm³/mol. The van der Waals surface area contributed by atoms with Gasteiger partial charge in [-0.15, -0.1) is 0 Å². The molecule has 0 saturated heterocycles. The zero-order chi connectivity index (χ0) is 20.2. The number of benzene rings is 2. The van der Waals surface area contributed by atoms with Crippen LogP contribution in [0.1, 0.15) is 34.8 Å². The molecule has 0 bridgehead atoms. The third-order valence-electron chi connectivity index (χ3n) is 4.66. The number of aliphatic imine (C=N–C) groups is 1. The van der Waals surface area contributed by atoms with Crippen LogP contribution in [0.25, 0.3) is 10.9 Å². The number of ether oxygens (including phenoxy) is 1. The van der Waals surface area contributed by atoms with E-state index in [9.17, 15) is 9.90 Å². The first-order valence-electron chi connectivity index (χ1n) is 9.43. The molecule has 1 unspecified atom stereocenters. The van der Waals surface area contributed by atoms with E-state index >= 15 is 0 Å². The van der Waals surface area contributed by atoms with E-state index < -0.39 is 0 Å². The predicted octanol–water partition coefficient (Wildman–Crippen LogP) is 4.95. The van der Waals surface area contributed by atoms with E-state index in [1.807, 2.05) is 36.4 Å². The minimum Gasteiger partial charge on any atom is -0.494 e. The molecular weight excluding hydrogens is 479 g/mol. The molecule has 0 aliphatic carbocycles. The van der Waals surface area contributed by atoms with E-state index in [2.05, 4.69) is 19.2 Å². The molecule has 0 radical (unpaired) electrons. The maximum atomic E-state index is 12.1. The molecule has 2 heterocycles. The molecule has 1 atom stereocenters. The summed E-state index contributed by atoms with van der Waals surface area (Å²) in [5, 5.41) is 11.6. The molecule has 1 aromatic heterocycles. The van der Waals surface area contributed by atoms with Gasteiger partial charge in [0, 0.05) is 16.5 Å². The fraction of sp³-hybridized carbons (Fsp3) is 0.174. The third-order valence-corrected chi connectivity index (χ3v) is 6.50. The normalized spacial score (nSPS) is 16.6. The van der Waals surface area contributed by atoms with Crippen LogP contribution in [0.5, 0.6) is 5.88 Å². The number of fused-ring (bicyclic) bond motifs is 1. The largest absolute Gasteiger partial charge is 0.494 e. The second-order valence-electron chi connectivity index (χ2n) is 6.57. The van der Waals surface area contributed by atoms with Crippen LogP contribution in [0.2, 0.25) is 0 Å². The van der Waals surface area contributed by atoms with Crippen molar-refractivity contribution in [3.63, 3.8) is 0 Å². The van der Waals surface area contributed by atoms with Gasteiger partial charge in [0.2, 0.25) is 0 Å². The molecule has 3 aromatic rings. The zero-order valence-electron chi connectivity index (χ0n) is 15.9. The van der Waals surface area contributed by atoms with Gasteiger partial charge in [0.1, 0.15) is 0 Å². The van der Waals surface area contributed by atoms with Gasteiger partial charge in [-0.25, -0.2) is 4.79 Å². The molecule has 0 fully saturated rings. The lowest BCUT2D eigenvalue weighted by Crippen LogP contribution is -2.11. The van der Waals surface area contributed by atoms with Crippen molar-refractivity contribution in [3.05, 3.63) is 75.4 Å². The number of nitrogens with one attached hydrogen (secondary N) is 1. The summed E-state index contributed by atoms with van der Waals surface area (Å²) in [6, 6.07) is 15.2. The van der Waals surface area contributed by atoms with Gasteiger partial charge < -0.3 is 14.8 Å². The summed E-state index contributed by atoms with van der Waals surface area (Å²) in [5.41, 5.74) is 3.44. The topological polar surface area (TPSA) is 74.7 Å². The molecule has 0 amide bonds. The Kier molecular flexibility index (Phi) is 5.89. The lowest BCUT2D eigenvalue weighted by molar-refractivity contribution is 0.0526. The van der Waals surface area contributed by atoms with Gasteiger partial charge in [-0.2, -0.15) is 0 Å². The smallest absolute Gasteiger partial charge is 0.338 e. The van der Waals surface area contributed by atoms with Crippen LogP contribution in [0, 0.1) is 0 Å². The summed E-state index contributed by atoms with van der Waals surface area (Å²) >= 11 is 0.0375. The molecule has 1 aliphatic heterocycles. The summed E-state index contributed by atoms with van der Waals surface area (Å²) in [6.45, 7) is 2.09. The van der Waals surface area contributed by atoms with Gasteiger partial charge in [0.05, 0.1) is 29.5 Å². The van der Waals surface area contributed by atoms with E-state index in [1.165, 1.54) is 0 Å². The number of aromatic amines is 1. The molecule has 0 saturated carbocycles. The monoisotopic (exact) mass is 500 g/mol. The quantitative estimate of drug-likeness (QED) is 0.296. The van der Waals surface area contributed by atoms with Gasteiger partial charge >= 0.3 is 5.97 Å². The second-order valence-corrected chi connectivity index (χ2v) is 8.89. The highest BCUT2D eigenvalue weighted by molar-refractivity contribution is 14.2. The number of hydrogen-bond donors (Lipinski definition) is 2. The number of nitrogens with zero attached hydrogens (tertiary/aromatic N) is 1. The highest BCUT2D eigenvalue weighted by Gasteiger charge is 2.20. The number of H-pyrrole nitrogens is 1. The average molecular weight is 500 g/mol. The number of aromatic nitrogens is 1. The van der Waals surface area contributed by atoms with Gasteiger partial charge in [0.15, 0.2) is 5.88 Å². The van der Waals surface area contributed by atoms with Crippen LogP contribution in [0.3, 0.4) is 0 Å². The first-order chi connectivity index (χ1) is 14.2. The van der Waals surface area contributed by atoms with Crippen molar-refractivity contribution >= 4 is 47.3 Å². The number of halogens is 1. The van der Waals surface area contributed by atoms with Crippen molar-refractivity contribution < 1.29 is 14.6 Å².